The highest BCUT2D eigenvalue weighted by Gasteiger charge is 2.25. The van der Waals surface area contributed by atoms with Gasteiger partial charge in [-0.15, -0.1) is 0 Å². The minimum absolute atomic E-state index is 0.406. The third kappa shape index (κ3) is 3.80. The van der Waals surface area contributed by atoms with Crippen molar-refractivity contribution >= 4 is 5.78 Å². The fourth-order valence-electron chi connectivity index (χ4n) is 3.44. The van der Waals surface area contributed by atoms with Gasteiger partial charge in [-0.2, -0.15) is 0 Å². The summed E-state index contributed by atoms with van der Waals surface area (Å²) in [6.07, 6.45) is 9.78. The summed E-state index contributed by atoms with van der Waals surface area (Å²) in [4.78, 5) is 14.1. The van der Waals surface area contributed by atoms with Crippen molar-refractivity contribution < 1.29 is 4.79 Å². The summed E-state index contributed by atoms with van der Waals surface area (Å²) in [6, 6.07) is 0. The van der Waals surface area contributed by atoms with E-state index in [-0.39, 0.29) is 0 Å². The fraction of sp³-hybridized carbons (Fsp3) is 0.933. The van der Waals surface area contributed by atoms with Gasteiger partial charge in [0, 0.05) is 12.3 Å². The Hall–Kier alpha value is -0.370. The minimum Gasteiger partial charge on any atom is -0.303 e. The highest BCUT2D eigenvalue weighted by molar-refractivity contribution is 5.82. The zero-order valence-corrected chi connectivity index (χ0v) is 11.3. The Morgan fingerprint density at radius 2 is 1.94 bits per heavy atom. The lowest BCUT2D eigenvalue weighted by Crippen LogP contribution is -2.35. The van der Waals surface area contributed by atoms with Gasteiger partial charge in [-0.1, -0.05) is 19.8 Å². The van der Waals surface area contributed by atoms with E-state index in [1.807, 2.05) is 0 Å². The van der Waals surface area contributed by atoms with Crippen LogP contribution in [0.5, 0.6) is 0 Å². The van der Waals surface area contributed by atoms with Crippen molar-refractivity contribution in [2.45, 2.75) is 58.3 Å². The molecule has 0 radical (unpaired) electrons. The average Bonchev–Trinajstić information content (AvgIpc) is 2.75. The normalized spacial score (nSPS) is 27.8. The third-order valence-electron chi connectivity index (χ3n) is 4.63. The maximum absolute atomic E-state index is 11.6. The molecule has 98 valence electrons. The van der Waals surface area contributed by atoms with Crippen LogP contribution < -0.4 is 0 Å². The van der Waals surface area contributed by atoms with Gasteiger partial charge in [0.25, 0.3) is 0 Å². The van der Waals surface area contributed by atoms with E-state index in [9.17, 15) is 4.79 Å². The number of carbonyl (C=O) groups excluding carboxylic acids is 1. The molecule has 1 heterocycles. The van der Waals surface area contributed by atoms with Crippen molar-refractivity contribution in [1.82, 2.24) is 4.90 Å². The van der Waals surface area contributed by atoms with Crippen LogP contribution in [0.2, 0.25) is 0 Å². The molecule has 0 N–H and O–H groups in total. The second-order valence-electron chi connectivity index (χ2n) is 5.92. The van der Waals surface area contributed by atoms with Crippen LogP contribution in [0.1, 0.15) is 58.3 Å². The van der Waals surface area contributed by atoms with E-state index in [0.717, 1.165) is 38.1 Å². The molecule has 1 unspecified atom stereocenters. The lowest BCUT2D eigenvalue weighted by atomic mass is 9.92. The number of hydrogen-bond donors (Lipinski definition) is 0. The molecule has 17 heavy (non-hydrogen) atoms. The number of likely N-dealkylation sites (tertiary alicyclic amines) is 1. The Labute approximate surface area is 106 Å². The molecule has 0 aromatic carbocycles. The predicted octanol–water partition coefficient (Wildman–Crippen LogP) is 3.26. The summed E-state index contributed by atoms with van der Waals surface area (Å²) in [5, 5.41) is 0. The van der Waals surface area contributed by atoms with Crippen molar-refractivity contribution in [2.75, 3.05) is 19.6 Å². The van der Waals surface area contributed by atoms with Gasteiger partial charge in [0.2, 0.25) is 0 Å². The summed E-state index contributed by atoms with van der Waals surface area (Å²) < 4.78 is 0. The van der Waals surface area contributed by atoms with Crippen LogP contribution in [0.4, 0.5) is 0 Å². The van der Waals surface area contributed by atoms with E-state index in [1.165, 1.54) is 38.8 Å². The van der Waals surface area contributed by atoms with E-state index >= 15 is 0 Å². The average molecular weight is 237 g/mol. The molecular weight excluding hydrogens is 210 g/mol. The summed E-state index contributed by atoms with van der Waals surface area (Å²) >= 11 is 0. The highest BCUT2D eigenvalue weighted by atomic mass is 16.1. The molecule has 1 aliphatic heterocycles. The Balaban J connectivity index is 1.63. The lowest BCUT2D eigenvalue weighted by molar-refractivity contribution is -0.120. The molecule has 0 aromatic heterocycles. The first-order chi connectivity index (χ1) is 8.29. The van der Waals surface area contributed by atoms with Crippen LogP contribution in [0, 0.1) is 11.8 Å². The molecule has 1 atom stereocenters. The van der Waals surface area contributed by atoms with Gasteiger partial charge in [0.1, 0.15) is 5.78 Å². The molecule has 0 spiro atoms. The second-order valence-corrected chi connectivity index (χ2v) is 5.92. The van der Waals surface area contributed by atoms with Gasteiger partial charge in [0.15, 0.2) is 0 Å². The van der Waals surface area contributed by atoms with Crippen molar-refractivity contribution in [3.05, 3.63) is 0 Å². The number of hydrogen-bond acceptors (Lipinski definition) is 2. The molecule has 0 amide bonds. The Kier molecular flexibility index (Phi) is 5.02. The largest absolute Gasteiger partial charge is 0.303 e. The maximum atomic E-state index is 11.6. The summed E-state index contributed by atoms with van der Waals surface area (Å²) in [5.41, 5.74) is 0. The van der Waals surface area contributed by atoms with Gasteiger partial charge in [-0.25, -0.2) is 0 Å². The van der Waals surface area contributed by atoms with Gasteiger partial charge in [0.05, 0.1) is 0 Å². The quantitative estimate of drug-likeness (QED) is 0.731. The highest BCUT2D eigenvalue weighted by Crippen LogP contribution is 2.26. The van der Waals surface area contributed by atoms with Gasteiger partial charge in [-0.05, 0) is 57.7 Å². The molecule has 0 aromatic rings. The number of Topliss-reactive ketones (excluding diaryl/α,β-unsaturated/α-hetero) is 1. The zero-order valence-electron chi connectivity index (χ0n) is 11.3. The number of piperidine rings is 1. The maximum Gasteiger partial charge on any atom is 0.136 e. The van der Waals surface area contributed by atoms with Crippen molar-refractivity contribution in [3.63, 3.8) is 0 Å². The SMILES string of the molecule is CCCC1CCN(CCC2CCCC2=O)CC1. The van der Waals surface area contributed by atoms with E-state index in [4.69, 9.17) is 0 Å². The molecule has 2 aliphatic rings. The lowest BCUT2D eigenvalue weighted by Gasteiger charge is -2.32. The summed E-state index contributed by atoms with van der Waals surface area (Å²) in [5.74, 6) is 1.92. The Morgan fingerprint density at radius 1 is 1.18 bits per heavy atom. The standard InChI is InChI=1S/C15H27NO/c1-2-4-13-7-10-16(11-8-13)12-9-14-5-3-6-15(14)17/h13-14H,2-12H2,1H3. The van der Waals surface area contributed by atoms with Crippen molar-refractivity contribution in [1.29, 1.82) is 0 Å². The number of ketones is 1. The summed E-state index contributed by atoms with van der Waals surface area (Å²) in [7, 11) is 0. The van der Waals surface area contributed by atoms with E-state index in [2.05, 4.69) is 11.8 Å². The zero-order chi connectivity index (χ0) is 12.1. The summed E-state index contributed by atoms with van der Waals surface area (Å²) in [6.45, 7) is 5.99. The van der Waals surface area contributed by atoms with Gasteiger partial charge >= 0.3 is 0 Å². The van der Waals surface area contributed by atoms with Crippen LogP contribution in [-0.4, -0.2) is 30.3 Å². The molecular formula is C15H27NO. The second kappa shape index (κ2) is 6.53. The van der Waals surface area contributed by atoms with E-state index in [0.29, 0.717) is 11.7 Å². The van der Waals surface area contributed by atoms with Gasteiger partial charge < -0.3 is 4.90 Å². The molecule has 2 heteroatoms. The number of rotatable bonds is 5. The Morgan fingerprint density at radius 3 is 2.53 bits per heavy atom. The molecule has 1 saturated carbocycles. The predicted molar refractivity (Wildman–Crippen MR) is 71.0 cm³/mol. The molecule has 2 nitrogen and oxygen atoms in total. The molecule has 1 aliphatic carbocycles. The van der Waals surface area contributed by atoms with Crippen LogP contribution in [0.3, 0.4) is 0 Å². The first kappa shape index (κ1) is 13.1. The van der Waals surface area contributed by atoms with Gasteiger partial charge in [-0.3, -0.25) is 4.79 Å². The molecule has 2 fully saturated rings. The van der Waals surface area contributed by atoms with Crippen LogP contribution in [0.15, 0.2) is 0 Å². The minimum atomic E-state index is 0.406. The van der Waals surface area contributed by atoms with E-state index < -0.39 is 0 Å². The van der Waals surface area contributed by atoms with Crippen LogP contribution >= 0.6 is 0 Å². The first-order valence-corrected chi connectivity index (χ1v) is 7.54. The van der Waals surface area contributed by atoms with Crippen LogP contribution in [-0.2, 0) is 4.79 Å². The van der Waals surface area contributed by atoms with E-state index in [1.54, 1.807) is 0 Å². The molecule has 2 rings (SSSR count). The topological polar surface area (TPSA) is 20.3 Å². The number of carbonyl (C=O) groups is 1. The monoisotopic (exact) mass is 237 g/mol. The third-order valence-corrected chi connectivity index (χ3v) is 4.63. The van der Waals surface area contributed by atoms with Crippen LogP contribution in [0.25, 0.3) is 0 Å². The van der Waals surface area contributed by atoms with Crippen molar-refractivity contribution in [3.8, 4) is 0 Å². The molecule has 1 saturated heterocycles. The number of nitrogens with zero attached hydrogens (tertiary/aromatic N) is 1. The fourth-order valence-corrected chi connectivity index (χ4v) is 3.44. The Bertz CT molecular complexity index is 243. The first-order valence-electron chi connectivity index (χ1n) is 7.54. The molecule has 0 bridgehead atoms. The smallest absolute Gasteiger partial charge is 0.136 e. The van der Waals surface area contributed by atoms with Crippen molar-refractivity contribution in [2.24, 2.45) is 11.8 Å².